The van der Waals surface area contributed by atoms with E-state index in [1.807, 2.05) is 0 Å². The van der Waals surface area contributed by atoms with E-state index >= 15 is 0 Å². The molecule has 7 nitrogen and oxygen atoms in total. The van der Waals surface area contributed by atoms with Crippen LogP contribution in [0.15, 0.2) is 0 Å². The average Bonchev–Trinajstić information content (AvgIpc) is 2.45. The van der Waals surface area contributed by atoms with Crippen molar-refractivity contribution in [3.8, 4) is 0 Å². The maximum atomic E-state index is 11.5. The average molecular weight is 285 g/mol. The number of carboxylic acid groups (broad SMARTS) is 1. The van der Waals surface area contributed by atoms with Gasteiger partial charge < -0.3 is 21.1 Å². The highest BCUT2D eigenvalue weighted by molar-refractivity contribution is 5.77. The minimum absolute atomic E-state index is 0.114. The Labute approximate surface area is 118 Å². The summed E-state index contributed by atoms with van der Waals surface area (Å²) in [4.78, 5) is 33.2. The molecule has 0 atom stereocenters. The third kappa shape index (κ3) is 5.90. The number of hydrogen-bond donors (Lipinski definition) is 4. The number of carbonyl (C=O) groups excluding carboxylic acids is 2. The molecule has 1 aliphatic rings. The SMILES string of the molecule is CNC(=O)CCNC(=O)NCC1CCC(C(=O)O)CC1. The molecule has 20 heavy (non-hydrogen) atoms. The summed E-state index contributed by atoms with van der Waals surface area (Å²) in [6.45, 7) is 0.857. The fraction of sp³-hybridized carbons (Fsp3) is 0.769. The van der Waals surface area contributed by atoms with Gasteiger partial charge in [0.1, 0.15) is 0 Å². The van der Waals surface area contributed by atoms with Crippen molar-refractivity contribution >= 4 is 17.9 Å². The lowest BCUT2D eigenvalue weighted by Crippen LogP contribution is -2.40. The molecule has 4 N–H and O–H groups in total. The van der Waals surface area contributed by atoms with Crippen LogP contribution >= 0.6 is 0 Å². The van der Waals surface area contributed by atoms with Crippen molar-refractivity contribution < 1.29 is 19.5 Å². The van der Waals surface area contributed by atoms with Crippen LogP contribution in [0.3, 0.4) is 0 Å². The van der Waals surface area contributed by atoms with Gasteiger partial charge in [-0.15, -0.1) is 0 Å². The number of nitrogens with one attached hydrogen (secondary N) is 3. The number of carboxylic acids is 1. The Kier molecular flexibility index (Phi) is 6.83. The van der Waals surface area contributed by atoms with Crippen LogP contribution in [0.5, 0.6) is 0 Å². The van der Waals surface area contributed by atoms with E-state index in [-0.39, 0.29) is 24.3 Å². The minimum Gasteiger partial charge on any atom is -0.481 e. The Bertz CT molecular complexity index is 352. The van der Waals surface area contributed by atoms with Crippen LogP contribution in [-0.2, 0) is 9.59 Å². The summed E-state index contributed by atoms with van der Waals surface area (Å²) in [7, 11) is 1.55. The van der Waals surface area contributed by atoms with Gasteiger partial charge in [-0.1, -0.05) is 0 Å². The van der Waals surface area contributed by atoms with E-state index < -0.39 is 5.97 Å². The van der Waals surface area contributed by atoms with Crippen molar-refractivity contribution in [3.63, 3.8) is 0 Å². The molecule has 0 aromatic carbocycles. The molecule has 0 radical (unpaired) electrons. The fourth-order valence-corrected chi connectivity index (χ4v) is 2.33. The first-order valence-electron chi connectivity index (χ1n) is 6.98. The van der Waals surface area contributed by atoms with Gasteiger partial charge >= 0.3 is 12.0 Å². The first kappa shape index (κ1) is 16.3. The maximum Gasteiger partial charge on any atom is 0.314 e. The van der Waals surface area contributed by atoms with E-state index in [1.54, 1.807) is 7.05 Å². The predicted molar refractivity (Wildman–Crippen MR) is 73.2 cm³/mol. The second kappa shape index (κ2) is 8.39. The van der Waals surface area contributed by atoms with Crippen LogP contribution in [-0.4, -0.2) is 43.2 Å². The monoisotopic (exact) mass is 285 g/mol. The molecule has 0 unspecified atom stereocenters. The summed E-state index contributed by atoms with van der Waals surface area (Å²) < 4.78 is 0. The number of hydrogen-bond acceptors (Lipinski definition) is 3. The van der Waals surface area contributed by atoms with Gasteiger partial charge in [0.2, 0.25) is 5.91 Å². The molecule has 0 heterocycles. The molecule has 7 heteroatoms. The van der Waals surface area contributed by atoms with Crippen molar-refractivity contribution in [2.75, 3.05) is 20.1 Å². The Morgan fingerprint density at radius 1 is 1.10 bits per heavy atom. The molecule has 0 aromatic heterocycles. The Balaban J connectivity index is 2.10. The molecular formula is C13H23N3O4. The highest BCUT2D eigenvalue weighted by atomic mass is 16.4. The molecule has 1 rings (SSSR count). The van der Waals surface area contributed by atoms with Gasteiger partial charge in [-0.2, -0.15) is 0 Å². The molecule has 0 bridgehead atoms. The van der Waals surface area contributed by atoms with E-state index in [4.69, 9.17) is 5.11 Å². The van der Waals surface area contributed by atoms with Gasteiger partial charge in [-0.25, -0.2) is 4.79 Å². The molecule has 1 saturated carbocycles. The highest BCUT2D eigenvalue weighted by Crippen LogP contribution is 2.28. The molecule has 1 aliphatic carbocycles. The molecular weight excluding hydrogens is 262 g/mol. The second-order valence-corrected chi connectivity index (χ2v) is 5.12. The maximum absolute atomic E-state index is 11.5. The normalized spacial score (nSPS) is 21.9. The van der Waals surface area contributed by atoms with E-state index in [0.717, 1.165) is 12.8 Å². The molecule has 0 saturated heterocycles. The predicted octanol–water partition coefficient (Wildman–Crippen LogP) is 0.313. The van der Waals surface area contributed by atoms with Gasteiger partial charge in [0.15, 0.2) is 0 Å². The number of aliphatic carboxylic acids is 1. The van der Waals surface area contributed by atoms with Crippen LogP contribution in [0, 0.1) is 11.8 Å². The zero-order valence-electron chi connectivity index (χ0n) is 11.8. The lowest BCUT2D eigenvalue weighted by atomic mass is 9.82. The summed E-state index contributed by atoms with van der Waals surface area (Å²) in [6.07, 6.45) is 3.28. The topological polar surface area (TPSA) is 108 Å². The summed E-state index contributed by atoms with van der Waals surface area (Å²) in [5.41, 5.74) is 0. The van der Waals surface area contributed by atoms with Gasteiger partial charge in [-0.05, 0) is 31.6 Å². The molecule has 0 spiro atoms. The van der Waals surface area contributed by atoms with E-state index in [2.05, 4.69) is 16.0 Å². The lowest BCUT2D eigenvalue weighted by molar-refractivity contribution is -0.143. The van der Waals surface area contributed by atoms with E-state index in [9.17, 15) is 14.4 Å². The first-order valence-corrected chi connectivity index (χ1v) is 6.98. The summed E-state index contributed by atoms with van der Waals surface area (Å²) in [6, 6.07) is -0.283. The van der Waals surface area contributed by atoms with Gasteiger partial charge in [0.05, 0.1) is 5.92 Å². The van der Waals surface area contributed by atoms with Crippen LogP contribution in [0.1, 0.15) is 32.1 Å². The third-order valence-corrected chi connectivity index (χ3v) is 3.66. The Hall–Kier alpha value is -1.79. The quantitative estimate of drug-likeness (QED) is 0.563. The van der Waals surface area contributed by atoms with Crippen LogP contribution < -0.4 is 16.0 Å². The standard InChI is InChI=1S/C13H23N3O4/c1-14-11(17)6-7-15-13(20)16-8-9-2-4-10(5-3-9)12(18)19/h9-10H,2-8H2,1H3,(H,14,17)(H,18,19)(H2,15,16,20). The molecule has 1 fully saturated rings. The van der Waals surface area contributed by atoms with Gasteiger partial charge in [0, 0.05) is 26.6 Å². The number of urea groups is 1. The van der Waals surface area contributed by atoms with Gasteiger partial charge in [0.25, 0.3) is 0 Å². The summed E-state index contributed by atoms with van der Waals surface area (Å²) >= 11 is 0. The number of carbonyl (C=O) groups is 3. The van der Waals surface area contributed by atoms with E-state index in [1.165, 1.54) is 0 Å². The molecule has 114 valence electrons. The lowest BCUT2D eigenvalue weighted by Gasteiger charge is -2.26. The first-order chi connectivity index (χ1) is 9.52. The minimum atomic E-state index is -0.719. The molecule has 0 aromatic rings. The largest absolute Gasteiger partial charge is 0.481 e. The van der Waals surface area contributed by atoms with Crippen molar-refractivity contribution in [2.24, 2.45) is 11.8 Å². The van der Waals surface area contributed by atoms with Crippen LogP contribution in [0.25, 0.3) is 0 Å². The molecule has 3 amide bonds. The summed E-state index contributed by atoms with van der Waals surface area (Å²) in [5.74, 6) is -0.719. The zero-order valence-corrected chi connectivity index (χ0v) is 11.8. The van der Waals surface area contributed by atoms with Crippen LogP contribution in [0.2, 0.25) is 0 Å². The van der Waals surface area contributed by atoms with Crippen molar-refractivity contribution in [1.82, 2.24) is 16.0 Å². The number of amides is 3. The van der Waals surface area contributed by atoms with Crippen molar-refractivity contribution in [1.29, 1.82) is 0 Å². The van der Waals surface area contributed by atoms with Crippen LogP contribution in [0.4, 0.5) is 4.79 Å². The zero-order chi connectivity index (χ0) is 15.0. The summed E-state index contributed by atoms with van der Waals surface area (Å²) in [5, 5.41) is 16.7. The fourth-order valence-electron chi connectivity index (χ4n) is 2.33. The Morgan fingerprint density at radius 3 is 2.30 bits per heavy atom. The Morgan fingerprint density at radius 2 is 1.75 bits per heavy atom. The molecule has 0 aliphatic heterocycles. The third-order valence-electron chi connectivity index (χ3n) is 3.66. The second-order valence-electron chi connectivity index (χ2n) is 5.12. The highest BCUT2D eigenvalue weighted by Gasteiger charge is 2.25. The number of rotatable bonds is 6. The van der Waals surface area contributed by atoms with Crippen molar-refractivity contribution in [2.45, 2.75) is 32.1 Å². The van der Waals surface area contributed by atoms with E-state index in [0.29, 0.717) is 31.8 Å². The smallest absolute Gasteiger partial charge is 0.314 e. The van der Waals surface area contributed by atoms with Gasteiger partial charge in [-0.3, -0.25) is 9.59 Å². The van der Waals surface area contributed by atoms with Crippen molar-refractivity contribution in [3.05, 3.63) is 0 Å².